The molecule has 0 saturated carbocycles. The Morgan fingerprint density at radius 3 is 2.92 bits per heavy atom. The first-order chi connectivity index (χ1) is 6.18. The van der Waals surface area contributed by atoms with Crippen LogP contribution in [0.15, 0.2) is 23.2 Å². The number of hydrogen-bond acceptors (Lipinski definition) is 4. The third-order valence-electron chi connectivity index (χ3n) is 1.87. The Morgan fingerprint density at radius 1 is 1.38 bits per heavy atom. The van der Waals surface area contributed by atoms with Crippen LogP contribution in [0.5, 0.6) is 5.75 Å². The Morgan fingerprint density at radius 2 is 2.15 bits per heavy atom. The van der Waals surface area contributed by atoms with Crippen molar-refractivity contribution in [3.8, 4) is 5.75 Å². The number of phenolic OH excluding ortho intramolecular Hbond substituents is 1. The van der Waals surface area contributed by atoms with Gasteiger partial charge in [0.15, 0.2) is 11.9 Å². The van der Waals surface area contributed by atoms with Crippen molar-refractivity contribution in [1.29, 1.82) is 0 Å². The van der Waals surface area contributed by atoms with Crippen LogP contribution in [0.1, 0.15) is 10.4 Å². The van der Waals surface area contributed by atoms with E-state index >= 15 is 0 Å². The van der Waals surface area contributed by atoms with Crippen molar-refractivity contribution in [3.63, 3.8) is 0 Å². The Kier molecular flexibility index (Phi) is 1.63. The zero-order chi connectivity index (χ0) is 9.42. The van der Waals surface area contributed by atoms with E-state index in [0.717, 1.165) is 6.21 Å². The zero-order valence-corrected chi connectivity index (χ0v) is 6.64. The Bertz CT molecular complexity index is 398. The molecule has 2 N–H and O–H groups in total. The molecule has 66 valence electrons. The molecule has 1 heterocycles. The topological polar surface area (TPSA) is 69.9 Å². The number of aromatic hydroxyl groups is 1. The molecule has 2 rings (SSSR count). The van der Waals surface area contributed by atoms with Crippen LogP contribution in [-0.2, 0) is 0 Å². The Labute approximate surface area is 74.2 Å². The average molecular weight is 177 g/mol. The van der Waals surface area contributed by atoms with Crippen LogP contribution < -0.4 is 0 Å². The number of aliphatic hydroxyl groups excluding tert-OH is 1. The number of carbonyl (C=O) groups is 1. The summed E-state index contributed by atoms with van der Waals surface area (Å²) in [7, 11) is 0. The van der Waals surface area contributed by atoms with Crippen LogP contribution in [0.4, 0.5) is 5.69 Å². The highest BCUT2D eigenvalue weighted by Crippen LogP contribution is 2.27. The number of ketones is 1. The van der Waals surface area contributed by atoms with E-state index in [9.17, 15) is 4.79 Å². The summed E-state index contributed by atoms with van der Waals surface area (Å²) in [5, 5.41) is 18.2. The molecule has 0 bridgehead atoms. The van der Waals surface area contributed by atoms with E-state index in [2.05, 4.69) is 4.99 Å². The molecule has 0 aliphatic carbocycles. The maximum atomic E-state index is 11.3. The van der Waals surface area contributed by atoms with Gasteiger partial charge in [0, 0.05) is 17.8 Å². The lowest BCUT2D eigenvalue weighted by molar-refractivity contribution is 0.0847. The van der Waals surface area contributed by atoms with Crippen molar-refractivity contribution in [2.75, 3.05) is 0 Å². The second-order valence-electron chi connectivity index (χ2n) is 2.79. The molecule has 13 heavy (non-hydrogen) atoms. The van der Waals surface area contributed by atoms with E-state index in [-0.39, 0.29) is 11.5 Å². The third kappa shape index (κ3) is 1.21. The van der Waals surface area contributed by atoms with Crippen LogP contribution >= 0.6 is 0 Å². The quantitative estimate of drug-likeness (QED) is 0.611. The van der Waals surface area contributed by atoms with Gasteiger partial charge in [-0.15, -0.1) is 0 Å². The molecular weight excluding hydrogens is 170 g/mol. The summed E-state index contributed by atoms with van der Waals surface area (Å²) in [5.41, 5.74) is 0.739. The zero-order valence-electron chi connectivity index (χ0n) is 6.64. The van der Waals surface area contributed by atoms with Gasteiger partial charge in [-0.05, 0) is 12.1 Å². The fraction of sp³-hybridized carbons (Fsp3) is 0.111. The van der Waals surface area contributed by atoms with Gasteiger partial charge in [0.2, 0.25) is 0 Å². The lowest BCUT2D eigenvalue weighted by atomic mass is 10.0. The summed E-state index contributed by atoms with van der Waals surface area (Å²) in [6, 6.07) is 4.23. The van der Waals surface area contributed by atoms with Crippen LogP contribution in [0.2, 0.25) is 0 Å². The van der Waals surface area contributed by atoms with E-state index in [1.54, 1.807) is 0 Å². The number of hydrogen-bond donors (Lipinski definition) is 2. The van der Waals surface area contributed by atoms with Gasteiger partial charge < -0.3 is 10.2 Å². The van der Waals surface area contributed by atoms with E-state index < -0.39 is 6.10 Å². The molecule has 0 aromatic heterocycles. The monoisotopic (exact) mass is 177 g/mol. The first-order valence-corrected chi connectivity index (χ1v) is 3.78. The van der Waals surface area contributed by atoms with Gasteiger partial charge in [-0.25, -0.2) is 0 Å². The first-order valence-electron chi connectivity index (χ1n) is 3.78. The molecule has 0 spiro atoms. The molecule has 0 amide bonds. The summed E-state index contributed by atoms with van der Waals surface area (Å²) >= 11 is 0. The summed E-state index contributed by atoms with van der Waals surface area (Å²) in [6.07, 6.45) is 0.00134. The fourth-order valence-corrected chi connectivity index (χ4v) is 1.21. The number of fused-ring (bicyclic) bond motifs is 1. The number of rotatable bonds is 0. The molecule has 4 nitrogen and oxygen atoms in total. The second kappa shape index (κ2) is 2.67. The molecule has 1 aliphatic rings. The van der Waals surface area contributed by atoms with Crippen molar-refractivity contribution < 1.29 is 15.0 Å². The number of aliphatic hydroxyl groups is 1. The van der Waals surface area contributed by atoms with Crippen molar-refractivity contribution >= 4 is 17.7 Å². The highest BCUT2D eigenvalue weighted by molar-refractivity contribution is 6.14. The molecule has 0 saturated heterocycles. The predicted octanol–water partition coefficient (Wildman–Crippen LogP) is 0.652. The van der Waals surface area contributed by atoms with Gasteiger partial charge >= 0.3 is 0 Å². The molecular formula is C9H7NO3. The number of benzene rings is 1. The van der Waals surface area contributed by atoms with E-state index in [1.165, 1.54) is 18.2 Å². The average Bonchev–Trinajstić information content (AvgIpc) is 2.12. The largest absolute Gasteiger partial charge is 0.508 e. The van der Waals surface area contributed by atoms with Crippen molar-refractivity contribution in [1.82, 2.24) is 0 Å². The van der Waals surface area contributed by atoms with Crippen LogP contribution in [0, 0.1) is 0 Å². The fourth-order valence-electron chi connectivity index (χ4n) is 1.21. The molecule has 1 atom stereocenters. The number of aliphatic imine (C=N–C) groups is 1. The Hall–Kier alpha value is -1.68. The maximum Gasteiger partial charge on any atom is 0.198 e. The minimum absolute atomic E-state index is 0.0556. The van der Waals surface area contributed by atoms with Crippen LogP contribution in [0.25, 0.3) is 0 Å². The van der Waals surface area contributed by atoms with Crippen LogP contribution in [0.3, 0.4) is 0 Å². The number of carbonyl (C=O) groups excluding carboxylic acids is 1. The summed E-state index contributed by atoms with van der Waals surface area (Å²) in [4.78, 5) is 15.1. The minimum Gasteiger partial charge on any atom is -0.508 e. The van der Waals surface area contributed by atoms with E-state index in [1.807, 2.05) is 0 Å². The lowest BCUT2D eigenvalue weighted by Crippen LogP contribution is -2.24. The van der Waals surface area contributed by atoms with Crippen molar-refractivity contribution in [2.45, 2.75) is 6.10 Å². The standard InChI is InChI=1S/C9H7NO3/c11-5-1-2-6-7(3-5)10-4-8(12)9(6)13/h1-4,8,11-12H. The summed E-state index contributed by atoms with van der Waals surface area (Å²) in [5.74, 6) is -0.329. The number of Topliss-reactive ketones (excluding diaryl/α,β-unsaturated/α-hetero) is 1. The van der Waals surface area contributed by atoms with Crippen LogP contribution in [-0.4, -0.2) is 28.3 Å². The second-order valence-corrected chi connectivity index (χ2v) is 2.79. The number of phenols is 1. The molecule has 4 heteroatoms. The maximum absolute atomic E-state index is 11.3. The summed E-state index contributed by atoms with van der Waals surface area (Å²) < 4.78 is 0. The van der Waals surface area contributed by atoms with Gasteiger partial charge in [0.1, 0.15) is 5.75 Å². The first kappa shape index (κ1) is 7.94. The highest BCUT2D eigenvalue weighted by atomic mass is 16.3. The molecule has 1 aliphatic heterocycles. The van der Waals surface area contributed by atoms with E-state index in [0.29, 0.717) is 11.3 Å². The molecule has 1 unspecified atom stereocenters. The predicted molar refractivity (Wildman–Crippen MR) is 46.6 cm³/mol. The molecule has 0 radical (unpaired) electrons. The number of nitrogens with zero attached hydrogens (tertiary/aromatic N) is 1. The highest BCUT2D eigenvalue weighted by Gasteiger charge is 2.22. The molecule has 0 fully saturated rings. The summed E-state index contributed by atoms with van der Waals surface area (Å²) in [6.45, 7) is 0. The van der Waals surface area contributed by atoms with Crippen molar-refractivity contribution in [2.24, 2.45) is 4.99 Å². The third-order valence-corrected chi connectivity index (χ3v) is 1.87. The molecule has 1 aromatic rings. The Balaban J connectivity index is 2.59. The normalized spacial score (nSPS) is 20.1. The van der Waals surface area contributed by atoms with E-state index in [4.69, 9.17) is 10.2 Å². The minimum atomic E-state index is -1.16. The van der Waals surface area contributed by atoms with Gasteiger partial charge in [-0.1, -0.05) is 0 Å². The van der Waals surface area contributed by atoms with Gasteiger partial charge in [0.05, 0.1) is 5.69 Å². The lowest BCUT2D eigenvalue weighted by Gasteiger charge is -2.12. The van der Waals surface area contributed by atoms with Crippen molar-refractivity contribution in [3.05, 3.63) is 23.8 Å². The smallest absolute Gasteiger partial charge is 0.198 e. The molecule has 1 aromatic carbocycles. The van der Waals surface area contributed by atoms with Gasteiger partial charge in [0.25, 0.3) is 0 Å². The van der Waals surface area contributed by atoms with Gasteiger partial charge in [-0.3, -0.25) is 9.79 Å². The van der Waals surface area contributed by atoms with Gasteiger partial charge in [-0.2, -0.15) is 0 Å². The SMILES string of the molecule is O=C1c2ccc(O)cc2N=CC1O.